The van der Waals surface area contributed by atoms with Crippen LogP contribution in [0.3, 0.4) is 0 Å². The van der Waals surface area contributed by atoms with Gasteiger partial charge in [0.15, 0.2) is 11.6 Å². The van der Waals surface area contributed by atoms with Crippen LogP contribution in [0.5, 0.6) is 0 Å². The lowest BCUT2D eigenvalue weighted by Crippen LogP contribution is -2.16. The van der Waals surface area contributed by atoms with Crippen molar-refractivity contribution in [1.29, 1.82) is 0 Å². The molecule has 0 saturated heterocycles. The van der Waals surface area contributed by atoms with Gasteiger partial charge >= 0.3 is 0 Å². The Labute approximate surface area is 126 Å². The summed E-state index contributed by atoms with van der Waals surface area (Å²) in [6.45, 7) is 8.05. The van der Waals surface area contributed by atoms with Crippen LogP contribution < -0.4 is 10.2 Å². The van der Waals surface area contributed by atoms with Crippen LogP contribution in [0.15, 0.2) is 12.4 Å². The van der Waals surface area contributed by atoms with Gasteiger partial charge in [-0.25, -0.2) is 9.97 Å². The van der Waals surface area contributed by atoms with Crippen LogP contribution in [0.4, 0.5) is 11.6 Å². The molecule has 2 aromatic rings. The van der Waals surface area contributed by atoms with Crippen molar-refractivity contribution < 1.29 is 0 Å². The average molecular weight is 288 g/mol. The summed E-state index contributed by atoms with van der Waals surface area (Å²) in [4.78, 5) is 10.6. The maximum absolute atomic E-state index is 4.55. The van der Waals surface area contributed by atoms with Crippen molar-refractivity contribution in [3.05, 3.63) is 29.3 Å². The van der Waals surface area contributed by atoms with Crippen LogP contribution in [0.1, 0.15) is 23.4 Å². The number of hydrogen-bond acceptors (Lipinski definition) is 5. The molecular weight excluding hydrogens is 264 g/mol. The Bertz CT molecular complexity index is 602. The minimum absolute atomic E-state index is 0.826. The van der Waals surface area contributed by atoms with Gasteiger partial charge in [0.1, 0.15) is 0 Å². The largest absolute Gasteiger partial charge is 0.367 e. The monoisotopic (exact) mass is 288 g/mol. The van der Waals surface area contributed by atoms with Crippen molar-refractivity contribution in [2.24, 2.45) is 0 Å². The van der Waals surface area contributed by atoms with Crippen molar-refractivity contribution >= 4 is 11.6 Å². The predicted octanol–water partition coefficient (Wildman–Crippen LogP) is 2.17. The molecule has 0 spiro atoms. The van der Waals surface area contributed by atoms with Crippen LogP contribution in [-0.2, 0) is 6.54 Å². The molecule has 6 heteroatoms. The second-order valence-electron chi connectivity index (χ2n) is 5.42. The number of aromatic nitrogens is 4. The molecule has 21 heavy (non-hydrogen) atoms. The van der Waals surface area contributed by atoms with Crippen molar-refractivity contribution in [2.75, 3.05) is 30.9 Å². The summed E-state index contributed by atoms with van der Waals surface area (Å²) in [5.74, 6) is 1.69. The molecule has 0 fully saturated rings. The van der Waals surface area contributed by atoms with E-state index in [2.05, 4.69) is 45.8 Å². The minimum Gasteiger partial charge on any atom is -0.367 e. The predicted molar refractivity (Wildman–Crippen MR) is 85.9 cm³/mol. The van der Waals surface area contributed by atoms with Gasteiger partial charge in [-0.2, -0.15) is 5.10 Å². The van der Waals surface area contributed by atoms with E-state index in [1.807, 2.05) is 19.0 Å². The van der Waals surface area contributed by atoms with Crippen LogP contribution in [0.2, 0.25) is 0 Å². The fourth-order valence-electron chi connectivity index (χ4n) is 2.22. The summed E-state index contributed by atoms with van der Waals surface area (Å²) < 4.78 is 2.08. The van der Waals surface area contributed by atoms with Crippen LogP contribution in [0.25, 0.3) is 0 Å². The number of nitrogens with one attached hydrogen (secondary N) is 1. The van der Waals surface area contributed by atoms with E-state index < -0.39 is 0 Å². The molecule has 2 heterocycles. The molecule has 0 bridgehead atoms. The minimum atomic E-state index is 0.826. The van der Waals surface area contributed by atoms with Gasteiger partial charge in [0, 0.05) is 45.3 Å². The van der Waals surface area contributed by atoms with Gasteiger partial charge in [0.05, 0.1) is 5.69 Å². The Balaban J connectivity index is 1.89. The van der Waals surface area contributed by atoms with Gasteiger partial charge in [0.25, 0.3) is 0 Å². The summed E-state index contributed by atoms with van der Waals surface area (Å²) >= 11 is 0. The van der Waals surface area contributed by atoms with Crippen molar-refractivity contribution in [2.45, 2.75) is 33.7 Å². The SMILES string of the molecule is Cc1nn(CCCNc2nccnc2N(C)C)c(C)c1C. The van der Waals surface area contributed by atoms with E-state index in [1.54, 1.807) is 12.4 Å². The van der Waals surface area contributed by atoms with Gasteiger partial charge in [-0.05, 0) is 32.8 Å². The third-order valence-electron chi connectivity index (χ3n) is 3.68. The molecule has 2 aromatic heterocycles. The standard InChI is InChI=1S/C15H24N6/c1-11-12(2)19-21(13(11)3)10-6-7-16-14-15(20(4)5)18-9-8-17-14/h8-9H,6-7,10H2,1-5H3,(H,16,17). The van der Waals surface area contributed by atoms with Crippen LogP contribution >= 0.6 is 0 Å². The lowest BCUT2D eigenvalue weighted by Gasteiger charge is -2.15. The van der Waals surface area contributed by atoms with E-state index in [1.165, 1.54) is 11.3 Å². The molecular formula is C15H24N6. The lowest BCUT2D eigenvalue weighted by molar-refractivity contribution is 0.573. The Morgan fingerprint density at radius 2 is 1.86 bits per heavy atom. The molecule has 1 N–H and O–H groups in total. The first kappa shape index (κ1) is 15.3. The fourth-order valence-corrected chi connectivity index (χ4v) is 2.22. The molecule has 0 aliphatic heterocycles. The van der Waals surface area contributed by atoms with E-state index in [4.69, 9.17) is 0 Å². The summed E-state index contributed by atoms with van der Waals surface area (Å²) in [5.41, 5.74) is 3.65. The summed E-state index contributed by atoms with van der Waals surface area (Å²) in [5, 5.41) is 7.90. The fraction of sp³-hybridized carbons (Fsp3) is 0.533. The molecule has 0 saturated carbocycles. The lowest BCUT2D eigenvalue weighted by atomic mass is 10.2. The Morgan fingerprint density at radius 1 is 1.14 bits per heavy atom. The van der Waals surface area contributed by atoms with Gasteiger partial charge in [0.2, 0.25) is 0 Å². The maximum atomic E-state index is 4.55. The molecule has 6 nitrogen and oxygen atoms in total. The molecule has 0 aromatic carbocycles. The van der Waals surface area contributed by atoms with Crippen LogP contribution in [0, 0.1) is 20.8 Å². The number of aryl methyl sites for hydroxylation is 2. The van der Waals surface area contributed by atoms with Crippen LogP contribution in [-0.4, -0.2) is 40.4 Å². The summed E-state index contributed by atoms with van der Waals surface area (Å²) in [6, 6.07) is 0. The van der Waals surface area contributed by atoms with Crippen molar-refractivity contribution in [3.63, 3.8) is 0 Å². The molecule has 0 atom stereocenters. The third kappa shape index (κ3) is 3.51. The highest BCUT2D eigenvalue weighted by Gasteiger charge is 2.08. The van der Waals surface area contributed by atoms with Gasteiger partial charge in [-0.3, -0.25) is 4.68 Å². The van der Waals surface area contributed by atoms with Crippen molar-refractivity contribution in [3.8, 4) is 0 Å². The molecule has 0 aliphatic carbocycles. The zero-order valence-electron chi connectivity index (χ0n) is 13.5. The zero-order chi connectivity index (χ0) is 15.4. The van der Waals surface area contributed by atoms with E-state index >= 15 is 0 Å². The second kappa shape index (κ2) is 6.56. The second-order valence-corrected chi connectivity index (χ2v) is 5.42. The molecule has 0 aliphatic rings. The molecule has 0 amide bonds. The zero-order valence-corrected chi connectivity index (χ0v) is 13.5. The average Bonchev–Trinajstić information content (AvgIpc) is 2.71. The Morgan fingerprint density at radius 3 is 2.48 bits per heavy atom. The first-order valence-corrected chi connectivity index (χ1v) is 7.23. The molecule has 2 rings (SSSR count). The molecule has 0 radical (unpaired) electrons. The summed E-state index contributed by atoms with van der Waals surface area (Å²) in [7, 11) is 3.93. The Hall–Kier alpha value is -2.11. The normalized spacial score (nSPS) is 10.7. The quantitative estimate of drug-likeness (QED) is 0.826. The molecule has 0 unspecified atom stereocenters. The van der Waals surface area contributed by atoms with Crippen molar-refractivity contribution in [1.82, 2.24) is 19.7 Å². The van der Waals surface area contributed by atoms with Gasteiger partial charge in [-0.1, -0.05) is 0 Å². The topological polar surface area (TPSA) is 58.9 Å². The van der Waals surface area contributed by atoms with E-state index in [9.17, 15) is 0 Å². The molecule has 114 valence electrons. The highest BCUT2D eigenvalue weighted by molar-refractivity contribution is 5.59. The smallest absolute Gasteiger partial charge is 0.171 e. The highest BCUT2D eigenvalue weighted by atomic mass is 15.3. The van der Waals surface area contributed by atoms with Gasteiger partial charge in [-0.15, -0.1) is 0 Å². The third-order valence-corrected chi connectivity index (χ3v) is 3.68. The first-order chi connectivity index (χ1) is 10.0. The van der Waals surface area contributed by atoms with E-state index in [0.29, 0.717) is 0 Å². The number of rotatable bonds is 6. The Kier molecular flexibility index (Phi) is 4.77. The highest BCUT2D eigenvalue weighted by Crippen LogP contribution is 2.17. The van der Waals surface area contributed by atoms with E-state index in [-0.39, 0.29) is 0 Å². The maximum Gasteiger partial charge on any atom is 0.171 e. The summed E-state index contributed by atoms with van der Waals surface area (Å²) in [6.07, 6.45) is 4.41. The number of anilines is 2. The van der Waals surface area contributed by atoms with Gasteiger partial charge < -0.3 is 10.2 Å². The first-order valence-electron chi connectivity index (χ1n) is 7.23. The van der Waals surface area contributed by atoms with E-state index in [0.717, 1.165) is 36.8 Å². The number of nitrogens with zero attached hydrogens (tertiary/aromatic N) is 5. The number of hydrogen-bond donors (Lipinski definition) is 1.